The summed E-state index contributed by atoms with van der Waals surface area (Å²) in [6.45, 7) is 0. The van der Waals surface area contributed by atoms with Gasteiger partial charge in [-0.3, -0.25) is 4.48 Å². The van der Waals surface area contributed by atoms with Gasteiger partial charge in [0.1, 0.15) is 18.1 Å². The van der Waals surface area contributed by atoms with Crippen molar-refractivity contribution in [1.82, 2.24) is 0 Å². The summed E-state index contributed by atoms with van der Waals surface area (Å²) < 4.78 is 13.7. The second-order valence-corrected chi connectivity index (χ2v) is 3.82. The average Bonchev–Trinajstić information content (AvgIpc) is 2.45. The van der Waals surface area contributed by atoms with Crippen LogP contribution in [-0.4, -0.2) is 24.8 Å². The highest BCUT2D eigenvalue weighted by atomic mass is 19.1. The van der Waals surface area contributed by atoms with Gasteiger partial charge in [-0.1, -0.05) is 0 Å². The topological polar surface area (TPSA) is 0 Å². The van der Waals surface area contributed by atoms with E-state index >= 15 is 0 Å². The normalized spacial score (nSPS) is 26.8. The van der Waals surface area contributed by atoms with Gasteiger partial charge in [0.2, 0.25) is 0 Å². The molecule has 0 saturated carbocycles. The molecule has 0 bridgehead atoms. The number of hydrogen-bond acceptors (Lipinski definition) is 0. The van der Waals surface area contributed by atoms with Gasteiger partial charge in [0, 0.05) is 18.1 Å². The van der Waals surface area contributed by atoms with Crippen LogP contribution in [0.15, 0.2) is 35.7 Å². The minimum atomic E-state index is -0.786. The molecule has 74 valence electrons. The van der Waals surface area contributed by atoms with Crippen molar-refractivity contribution in [2.45, 2.75) is 12.6 Å². The third-order valence-corrected chi connectivity index (χ3v) is 2.44. The van der Waals surface area contributed by atoms with Crippen LogP contribution in [0.25, 0.3) is 0 Å². The number of quaternary nitrogens is 1. The van der Waals surface area contributed by atoms with Crippen LogP contribution in [0.4, 0.5) is 4.39 Å². The second-order valence-electron chi connectivity index (χ2n) is 3.82. The Hall–Kier alpha value is -1.33. The molecule has 2 aliphatic rings. The lowest BCUT2D eigenvalue weighted by Gasteiger charge is -2.24. The summed E-state index contributed by atoms with van der Waals surface area (Å²) in [5.41, 5.74) is 2.28. The lowest BCUT2D eigenvalue weighted by atomic mass is 10.0. The zero-order chi connectivity index (χ0) is 10.8. The number of hydrogen-bond donors (Lipinski definition) is 0. The van der Waals surface area contributed by atoms with Crippen molar-refractivity contribution >= 4 is 0 Å². The maximum absolute atomic E-state index is 12.9. The van der Waals surface area contributed by atoms with Crippen LogP contribution in [0.5, 0.6) is 0 Å². The first-order valence-electron chi connectivity index (χ1n) is 4.53. The molecule has 0 aromatic carbocycles. The van der Waals surface area contributed by atoms with Crippen molar-refractivity contribution in [3.8, 4) is 12.8 Å². The first-order chi connectivity index (χ1) is 6.59. The minimum absolute atomic E-state index is 0.530. The summed E-state index contributed by atoms with van der Waals surface area (Å²) in [5.74, 6) is 0. The van der Waals surface area contributed by atoms with E-state index in [1.165, 1.54) is 5.70 Å². The predicted molar refractivity (Wildman–Crippen MR) is 56.8 cm³/mol. The molecular weight excluding hydrogens is 177 g/mol. The van der Waals surface area contributed by atoms with Crippen molar-refractivity contribution in [3.63, 3.8) is 0 Å². The van der Waals surface area contributed by atoms with E-state index in [4.69, 9.17) is 0 Å². The van der Waals surface area contributed by atoms with Gasteiger partial charge in [0.15, 0.2) is 0 Å². The van der Waals surface area contributed by atoms with Crippen molar-refractivity contribution < 1.29 is 8.87 Å². The van der Waals surface area contributed by atoms with E-state index < -0.39 is 6.17 Å². The highest BCUT2D eigenvalue weighted by Crippen LogP contribution is 2.33. The van der Waals surface area contributed by atoms with Crippen LogP contribution in [-0.2, 0) is 0 Å². The van der Waals surface area contributed by atoms with Gasteiger partial charge in [0.25, 0.3) is 0 Å². The number of rotatable bonds is 0. The summed E-state index contributed by atoms with van der Waals surface area (Å²) in [7, 11) is 4.20. The summed E-state index contributed by atoms with van der Waals surface area (Å²) in [6.07, 6.45) is 15.5. The molecule has 1 atom stereocenters. The Labute approximate surface area is 84.8 Å². The summed E-state index contributed by atoms with van der Waals surface area (Å²) in [5, 5.41) is 0. The molecule has 2 heteroatoms. The van der Waals surface area contributed by atoms with E-state index in [0.717, 1.165) is 10.1 Å². The van der Waals surface area contributed by atoms with E-state index in [-0.39, 0.29) is 0 Å². The van der Waals surface area contributed by atoms with Crippen molar-refractivity contribution in [2.24, 2.45) is 0 Å². The van der Waals surface area contributed by atoms with Gasteiger partial charge >= 0.3 is 0 Å². The first kappa shape index (κ1) is 10.7. The Bertz CT molecular complexity index is 331. The Morgan fingerprint density at radius 1 is 1.43 bits per heavy atom. The van der Waals surface area contributed by atoms with Crippen LogP contribution >= 0.6 is 0 Å². The molecule has 14 heavy (non-hydrogen) atoms. The van der Waals surface area contributed by atoms with Crippen LogP contribution < -0.4 is 0 Å². The number of halogens is 1. The zero-order valence-corrected chi connectivity index (χ0v) is 8.57. The maximum atomic E-state index is 12.9. The molecule has 0 amide bonds. The molecule has 0 fully saturated rings. The van der Waals surface area contributed by atoms with Gasteiger partial charge in [-0.15, -0.1) is 12.8 Å². The standard InChI is InChI=1S/C10H13FN.C2H2/c1-12(2)6-5-8-7-9(11)3-4-10(8)12;1-2/h4-7,9H,3H2,1-2H3;1-2H/q+1;. The first-order valence-corrected chi connectivity index (χ1v) is 4.53. The number of terminal acetylenes is 1. The molecule has 0 saturated heterocycles. The third-order valence-electron chi connectivity index (χ3n) is 2.44. The zero-order valence-electron chi connectivity index (χ0n) is 8.57. The van der Waals surface area contributed by atoms with Crippen molar-refractivity contribution in [2.75, 3.05) is 14.1 Å². The molecule has 0 aromatic heterocycles. The summed E-state index contributed by atoms with van der Waals surface area (Å²) >= 11 is 0. The van der Waals surface area contributed by atoms with Crippen LogP contribution in [0, 0.1) is 12.8 Å². The van der Waals surface area contributed by atoms with Crippen molar-refractivity contribution in [1.29, 1.82) is 0 Å². The molecule has 1 nitrogen and oxygen atoms in total. The monoisotopic (exact) mass is 192 g/mol. The summed E-state index contributed by atoms with van der Waals surface area (Å²) in [6, 6.07) is 0. The van der Waals surface area contributed by atoms with E-state index in [0.29, 0.717) is 6.42 Å². The Morgan fingerprint density at radius 2 is 2.07 bits per heavy atom. The van der Waals surface area contributed by atoms with Gasteiger partial charge in [0.05, 0.1) is 14.1 Å². The molecule has 1 aliphatic carbocycles. The Balaban J connectivity index is 0.000000461. The van der Waals surface area contributed by atoms with Crippen LogP contribution in [0.2, 0.25) is 0 Å². The minimum Gasteiger partial charge on any atom is -0.269 e. The average molecular weight is 192 g/mol. The highest BCUT2D eigenvalue weighted by molar-refractivity contribution is 5.42. The lowest BCUT2D eigenvalue weighted by molar-refractivity contribution is -0.792. The molecule has 0 spiro atoms. The van der Waals surface area contributed by atoms with Gasteiger partial charge in [-0.2, -0.15) is 0 Å². The van der Waals surface area contributed by atoms with E-state index in [9.17, 15) is 4.39 Å². The molecular formula is C12H15FN+. The fourth-order valence-corrected chi connectivity index (χ4v) is 1.75. The maximum Gasteiger partial charge on any atom is 0.140 e. The molecule has 0 N–H and O–H groups in total. The quantitative estimate of drug-likeness (QED) is 0.408. The van der Waals surface area contributed by atoms with E-state index in [1.807, 2.05) is 12.2 Å². The van der Waals surface area contributed by atoms with Crippen LogP contribution in [0.1, 0.15) is 6.42 Å². The largest absolute Gasteiger partial charge is 0.269 e. The number of fused-ring (bicyclic) bond motifs is 1. The number of allylic oxidation sites excluding steroid dienone is 3. The SMILES string of the molecule is C#C.C[N+]1(C)C=CC2=CC(F)CC=C21. The lowest BCUT2D eigenvalue weighted by Crippen LogP contribution is -2.30. The molecule has 2 rings (SSSR count). The smallest absolute Gasteiger partial charge is 0.140 e. The third kappa shape index (κ3) is 1.78. The van der Waals surface area contributed by atoms with Crippen LogP contribution in [0.3, 0.4) is 0 Å². The number of nitrogens with zero attached hydrogens (tertiary/aromatic N) is 1. The number of likely N-dealkylation sites (N-methyl/N-ethyl adjacent to an activating group) is 1. The van der Waals surface area contributed by atoms with E-state index in [2.05, 4.69) is 33.1 Å². The Morgan fingerprint density at radius 3 is 2.71 bits per heavy atom. The van der Waals surface area contributed by atoms with Gasteiger partial charge in [-0.25, -0.2) is 4.39 Å². The molecule has 1 aliphatic heterocycles. The fourth-order valence-electron chi connectivity index (χ4n) is 1.75. The molecule has 1 heterocycles. The molecule has 0 radical (unpaired) electrons. The Kier molecular flexibility index (Phi) is 2.93. The van der Waals surface area contributed by atoms with E-state index in [1.54, 1.807) is 6.08 Å². The fraction of sp³-hybridized carbons (Fsp3) is 0.333. The van der Waals surface area contributed by atoms with Crippen molar-refractivity contribution in [3.05, 3.63) is 35.7 Å². The highest BCUT2D eigenvalue weighted by Gasteiger charge is 2.31. The number of alkyl halides is 1. The molecule has 1 unspecified atom stereocenters. The predicted octanol–water partition coefficient (Wildman–Crippen LogP) is 2.39. The van der Waals surface area contributed by atoms with Gasteiger partial charge in [-0.05, 0) is 12.2 Å². The second kappa shape index (κ2) is 3.81. The summed E-state index contributed by atoms with van der Waals surface area (Å²) in [4.78, 5) is 0. The van der Waals surface area contributed by atoms with Gasteiger partial charge < -0.3 is 0 Å². The molecule has 0 aromatic rings.